The van der Waals surface area contributed by atoms with E-state index < -0.39 is 0 Å². The fourth-order valence-electron chi connectivity index (χ4n) is 2.36. The molecule has 0 aromatic heterocycles. The Morgan fingerprint density at radius 1 is 1.04 bits per heavy atom. The molecule has 6 heteroatoms. The highest BCUT2D eigenvalue weighted by Crippen LogP contribution is 2.16. The standard InChI is InChI=1S/C18H23N3O.2ClH/c1-21(2)17(15-6-4-3-5-7-15)13-20-18(22)16-10-8-14(12-19)9-11-16;;/h3-11,17H,12-13,19H2,1-2H3,(H,20,22);2*1H. The van der Waals surface area contributed by atoms with Crippen molar-refractivity contribution in [2.75, 3.05) is 20.6 Å². The van der Waals surface area contributed by atoms with Crippen LogP contribution in [0.2, 0.25) is 0 Å². The molecule has 0 saturated carbocycles. The van der Waals surface area contributed by atoms with E-state index >= 15 is 0 Å². The van der Waals surface area contributed by atoms with Crippen LogP contribution in [0.4, 0.5) is 0 Å². The minimum Gasteiger partial charge on any atom is -0.350 e. The average molecular weight is 370 g/mol. The number of rotatable bonds is 6. The topological polar surface area (TPSA) is 58.4 Å². The minimum absolute atomic E-state index is 0. The molecule has 0 radical (unpaired) electrons. The molecule has 2 aromatic carbocycles. The second-order valence-electron chi connectivity index (χ2n) is 5.50. The first-order chi connectivity index (χ1) is 10.6. The molecular weight excluding hydrogens is 345 g/mol. The van der Waals surface area contributed by atoms with Crippen molar-refractivity contribution >= 4 is 30.7 Å². The zero-order valence-electron chi connectivity index (χ0n) is 13.9. The van der Waals surface area contributed by atoms with Gasteiger partial charge in [-0.05, 0) is 37.4 Å². The second kappa shape index (κ2) is 11.0. The van der Waals surface area contributed by atoms with Crippen molar-refractivity contribution in [1.29, 1.82) is 0 Å². The van der Waals surface area contributed by atoms with Gasteiger partial charge in [0.25, 0.3) is 5.91 Å². The molecule has 1 atom stereocenters. The molecule has 24 heavy (non-hydrogen) atoms. The maximum atomic E-state index is 12.2. The quantitative estimate of drug-likeness (QED) is 0.822. The second-order valence-corrected chi connectivity index (χ2v) is 5.50. The maximum absolute atomic E-state index is 12.2. The molecule has 0 fully saturated rings. The van der Waals surface area contributed by atoms with Gasteiger partial charge in [-0.15, -0.1) is 24.8 Å². The molecule has 0 bridgehead atoms. The number of nitrogens with one attached hydrogen (secondary N) is 1. The first-order valence-electron chi connectivity index (χ1n) is 7.40. The summed E-state index contributed by atoms with van der Waals surface area (Å²) in [6.07, 6.45) is 0. The molecule has 0 spiro atoms. The number of carbonyl (C=O) groups excluding carboxylic acids is 1. The first-order valence-corrected chi connectivity index (χ1v) is 7.40. The fourth-order valence-corrected chi connectivity index (χ4v) is 2.36. The predicted octanol–water partition coefficient (Wildman–Crippen LogP) is 3.02. The highest BCUT2D eigenvalue weighted by Gasteiger charge is 2.15. The van der Waals surface area contributed by atoms with Gasteiger partial charge in [0.05, 0.1) is 6.04 Å². The molecular formula is C18H25Cl2N3O. The predicted molar refractivity (Wildman–Crippen MR) is 104 cm³/mol. The van der Waals surface area contributed by atoms with Crippen molar-refractivity contribution in [1.82, 2.24) is 10.2 Å². The maximum Gasteiger partial charge on any atom is 0.251 e. The van der Waals surface area contributed by atoms with Crippen molar-refractivity contribution in [3.63, 3.8) is 0 Å². The summed E-state index contributed by atoms with van der Waals surface area (Å²) in [4.78, 5) is 14.3. The number of benzene rings is 2. The third-order valence-corrected chi connectivity index (χ3v) is 3.72. The zero-order chi connectivity index (χ0) is 15.9. The minimum atomic E-state index is -0.0636. The number of hydrogen-bond donors (Lipinski definition) is 2. The van der Waals surface area contributed by atoms with E-state index in [1.165, 1.54) is 5.56 Å². The highest BCUT2D eigenvalue weighted by atomic mass is 35.5. The van der Waals surface area contributed by atoms with Crippen molar-refractivity contribution < 1.29 is 4.79 Å². The van der Waals surface area contributed by atoms with Crippen LogP contribution >= 0.6 is 24.8 Å². The smallest absolute Gasteiger partial charge is 0.251 e. The number of nitrogens with two attached hydrogens (primary N) is 1. The molecule has 0 aliphatic rings. The van der Waals surface area contributed by atoms with Crippen LogP contribution in [0.3, 0.4) is 0 Å². The third kappa shape index (κ3) is 6.13. The molecule has 2 rings (SSSR count). The van der Waals surface area contributed by atoms with E-state index in [2.05, 4.69) is 22.3 Å². The SMILES string of the molecule is CN(C)C(CNC(=O)c1ccc(CN)cc1)c1ccccc1.Cl.Cl. The van der Waals surface area contributed by atoms with Crippen molar-refractivity contribution in [3.8, 4) is 0 Å². The number of nitrogens with zero attached hydrogens (tertiary/aromatic N) is 1. The lowest BCUT2D eigenvalue weighted by Crippen LogP contribution is -2.34. The molecule has 4 nitrogen and oxygen atoms in total. The van der Waals surface area contributed by atoms with E-state index in [0.29, 0.717) is 18.7 Å². The van der Waals surface area contributed by atoms with Crippen LogP contribution < -0.4 is 11.1 Å². The van der Waals surface area contributed by atoms with Gasteiger partial charge in [0.1, 0.15) is 0 Å². The number of halogens is 2. The zero-order valence-corrected chi connectivity index (χ0v) is 15.6. The number of amides is 1. The van der Waals surface area contributed by atoms with Crippen molar-refractivity contribution in [2.24, 2.45) is 5.73 Å². The Bertz CT molecular complexity index is 603. The van der Waals surface area contributed by atoms with Crippen molar-refractivity contribution in [3.05, 3.63) is 71.3 Å². The lowest BCUT2D eigenvalue weighted by atomic mass is 10.1. The molecule has 1 unspecified atom stereocenters. The van der Waals surface area contributed by atoms with Crippen LogP contribution in [0.25, 0.3) is 0 Å². The summed E-state index contributed by atoms with van der Waals surface area (Å²) < 4.78 is 0. The number of hydrogen-bond acceptors (Lipinski definition) is 3. The molecule has 0 saturated heterocycles. The van der Waals surface area contributed by atoms with Crippen LogP contribution in [0.15, 0.2) is 54.6 Å². The van der Waals surface area contributed by atoms with E-state index in [9.17, 15) is 4.79 Å². The number of likely N-dealkylation sites (N-methyl/N-ethyl adjacent to an activating group) is 1. The molecule has 0 aliphatic heterocycles. The van der Waals surface area contributed by atoms with Crippen LogP contribution in [-0.2, 0) is 6.54 Å². The van der Waals surface area contributed by atoms with Gasteiger partial charge in [0, 0.05) is 18.7 Å². The summed E-state index contributed by atoms with van der Waals surface area (Å²) >= 11 is 0. The van der Waals surface area contributed by atoms with Gasteiger partial charge >= 0.3 is 0 Å². The summed E-state index contributed by atoms with van der Waals surface area (Å²) in [5, 5.41) is 3.00. The molecule has 2 aromatic rings. The lowest BCUT2D eigenvalue weighted by molar-refractivity contribution is 0.0942. The molecule has 0 heterocycles. The molecule has 132 valence electrons. The van der Waals surface area contributed by atoms with E-state index in [0.717, 1.165) is 5.56 Å². The van der Waals surface area contributed by atoms with Gasteiger partial charge in [0.15, 0.2) is 0 Å². The summed E-state index contributed by atoms with van der Waals surface area (Å²) in [6, 6.07) is 17.7. The summed E-state index contributed by atoms with van der Waals surface area (Å²) in [7, 11) is 4.03. The van der Waals surface area contributed by atoms with Crippen LogP contribution in [0.1, 0.15) is 27.5 Å². The van der Waals surface area contributed by atoms with Crippen LogP contribution in [-0.4, -0.2) is 31.4 Å². The van der Waals surface area contributed by atoms with Crippen molar-refractivity contribution in [2.45, 2.75) is 12.6 Å². The van der Waals surface area contributed by atoms with Crippen LogP contribution in [0, 0.1) is 0 Å². The summed E-state index contributed by atoms with van der Waals surface area (Å²) in [5.74, 6) is -0.0636. The average Bonchev–Trinajstić information content (AvgIpc) is 2.55. The van der Waals surface area contributed by atoms with E-state index in [1.807, 2.05) is 56.6 Å². The largest absolute Gasteiger partial charge is 0.350 e. The third-order valence-electron chi connectivity index (χ3n) is 3.72. The molecule has 0 aliphatic carbocycles. The Morgan fingerprint density at radius 2 is 1.62 bits per heavy atom. The Balaban J connectivity index is 0.00000264. The monoisotopic (exact) mass is 369 g/mol. The van der Waals surface area contributed by atoms with Gasteiger partial charge in [-0.25, -0.2) is 0 Å². The lowest BCUT2D eigenvalue weighted by Gasteiger charge is -2.25. The van der Waals surface area contributed by atoms with Gasteiger partial charge in [-0.3, -0.25) is 4.79 Å². The normalized spacial score (nSPS) is 11.2. The number of carbonyl (C=O) groups is 1. The Kier molecular flexibility index (Phi) is 10.3. The molecule has 1 amide bonds. The van der Waals surface area contributed by atoms with Gasteiger partial charge in [-0.1, -0.05) is 42.5 Å². The van der Waals surface area contributed by atoms with E-state index in [-0.39, 0.29) is 36.8 Å². The summed E-state index contributed by atoms with van der Waals surface area (Å²) in [5.41, 5.74) is 8.43. The van der Waals surface area contributed by atoms with E-state index in [4.69, 9.17) is 5.73 Å². The Morgan fingerprint density at radius 3 is 2.12 bits per heavy atom. The Hall–Kier alpha value is -1.59. The first kappa shape index (κ1) is 22.4. The van der Waals surface area contributed by atoms with Crippen LogP contribution in [0.5, 0.6) is 0 Å². The fraction of sp³-hybridized carbons (Fsp3) is 0.278. The van der Waals surface area contributed by atoms with Gasteiger partial charge in [-0.2, -0.15) is 0 Å². The summed E-state index contributed by atoms with van der Waals surface area (Å²) in [6.45, 7) is 1.05. The van der Waals surface area contributed by atoms with Gasteiger partial charge < -0.3 is 16.0 Å². The highest BCUT2D eigenvalue weighted by molar-refractivity contribution is 5.94. The van der Waals surface area contributed by atoms with E-state index in [1.54, 1.807) is 0 Å². The molecule has 3 N–H and O–H groups in total. The van der Waals surface area contributed by atoms with Gasteiger partial charge in [0.2, 0.25) is 0 Å². The Labute approximate surface area is 156 Å².